The molecule has 1 aromatic rings. The van der Waals surface area contributed by atoms with Gasteiger partial charge in [0.25, 0.3) is 0 Å². The van der Waals surface area contributed by atoms with Crippen LogP contribution >= 0.6 is 0 Å². The predicted octanol–water partition coefficient (Wildman–Crippen LogP) is 1.45. The van der Waals surface area contributed by atoms with Gasteiger partial charge in [0.05, 0.1) is 6.20 Å². The van der Waals surface area contributed by atoms with Crippen molar-refractivity contribution in [2.45, 2.75) is 25.5 Å². The standard InChI is InChI=1S/C9H11N3O/c10-7-8-4-5-11-12(8)9-3-1-2-6-13-9/h4-5,9H,1-3,6H2/t9-/m1/s1. The molecule has 2 rings (SSSR count). The normalized spacial score (nSPS) is 22.5. The van der Waals surface area contributed by atoms with E-state index in [0.29, 0.717) is 5.69 Å². The van der Waals surface area contributed by atoms with Gasteiger partial charge in [0.15, 0.2) is 6.23 Å². The van der Waals surface area contributed by atoms with E-state index in [2.05, 4.69) is 11.2 Å². The summed E-state index contributed by atoms with van der Waals surface area (Å²) in [7, 11) is 0. The van der Waals surface area contributed by atoms with E-state index >= 15 is 0 Å². The van der Waals surface area contributed by atoms with E-state index in [0.717, 1.165) is 25.9 Å². The van der Waals surface area contributed by atoms with Crippen molar-refractivity contribution >= 4 is 0 Å². The Bertz CT molecular complexity index is 320. The van der Waals surface area contributed by atoms with E-state index in [4.69, 9.17) is 10.00 Å². The summed E-state index contributed by atoms with van der Waals surface area (Å²) < 4.78 is 7.18. The van der Waals surface area contributed by atoms with Crippen LogP contribution in [0.4, 0.5) is 0 Å². The number of nitrogens with zero attached hydrogens (tertiary/aromatic N) is 3. The van der Waals surface area contributed by atoms with Crippen molar-refractivity contribution in [1.82, 2.24) is 9.78 Å². The summed E-state index contributed by atoms with van der Waals surface area (Å²) in [6.45, 7) is 0.773. The first-order valence-electron chi connectivity index (χ1n) is 4.47. The molecular weight excluding hydrogens is 166 g/mol. The Hall–Kier alpha value is -1.34. The van der Waals surface area contributed by atoms with Gasteiger partial charge in [-0.3, -0.25) is 0 Å². The molecule has 0 unspecified atom stereocenters. The molecule has 0 aromatic carbocycles. The summed E-state index contributed by atoms with van der Waals surface area (Å²) in [4.78, 5) is 0. The largest absolute Gasteiger partial charge is 0.356 e. The molecule has 0 N–H and O–H groups in total. The molecule has 1 aliphatic heterocycles. The van der Waals surface area contributed by atoms with Gasteiger partial charge in [0.2, 0.25) is 0 Å². The molecule has 4 nitrogen and oxygen atoms in total. The molecule has 0 aliphatic carbocycles. The van der Waals surface area contributed by atoms with Crippen molar-refractivity contribution < 1.29 is 4.74 Å². The van der Waals surface area contributed by atoms with Crippen molar-refractivity contribution in [2.75, 3.05) is 6.61 Å². The molecule has 1 aromatic heterocycles. The molecule has 2 heterocycles. The Labute approximate surface area is 76.7 Å². The first kappa shape index (κ1) is 8.27. The average Bonchev–Trinajstić information content (AvgIpc) is 2.67. The molecule has 0 radical (unpaired) electrons. The Morgan fingerprint density at radius 3 is 3.23 bits per heavy atom. The fourth-order valence-corrected chi connectivity index (χ4v) is 1.55. The van der Waals surface area contributed by atoms with Crippen molar-refractivity contribution in [3.63, 3.8) is 0 Å². The highest BCUT2D eigenvalue weighted by Gasteiger charge is 2.18. The highest BCUT2D eigenvalue weighted by atomic mass is 16.5. The predicted molar refractivity (Wildman–Crippen MR) is 45.8 cm³/mol. The lowest BCUT2D eigenvalue weighted by atomic mass is 10.2. The Kier molecular flexibility index (Phi) is 2.28. The van der Waals surface area contributed by atoms with Crippen LogP contribution in [0.1, 0.15) is 31.2 Å². The quantitative estimate of drug-likeness (QED) is 0.652. The van der Waals surface area contributed by atoms with E-state index in [1.807, 2.05) is 0 Å². The SMILES string of the molecule is N#Cc1ccnn1[C@H]1CCCCO1. The number of nitriles is 1. The van der Waals surface area contributed by atoms with Crippen LogP contribution in [0, 0.1) is 11.3 Å². The maximum Gasteiger partial charge on any atom is 0.151 e. The Balaban J connectivity index is 2.19. The second kappa shape index (κ2) is 3.58. The van der Waals surface area contributed by atoms with Gasteiger partial charge in [-0.2, -0.15) is 10.4 Å². The van der Waals surface area contributed by atoms with Crippen LogP contribution in [0.15, 0.2) is 12.3 Å². The molecule has 0 spiro atoms. The monoisotopic (exact) mass is 177 g/mol. The summed E-state index contributed by atoms with van der Waals surface area (Å²) in [6.07, 6.45) is 4.82. The number of rotatable bonds is 1. The minimum Gasteiger partial charge on any atom is -0.356 e. The van der Waals surface area contributed by atoms with Gasteiger partial charge < -0.3 is 4.74 Å². The molecular formula is C9H11N3O. The third kappa shape index (κ3) is 1.56. The summed E-state index contributed by atoms with van der Waals surface area (Å²) in [5, 5.41) is 12.9. The molecule has 1 aliphatic rings. The Morgan fingerprint density at radius 2 is 2.54 bits per heavy atom. The van der Waals surface area contributed by atoms with Crippen LogP contribution in [0.25, 0.3) is 0 Å². The summed E-state index contributed by atoms with van der Waals surface area (Å²) in [5.74, 6) is 0. The zero-order valence-corrected chi connectivity index (χ0v) is 7.31. The molecule has 0 amide bonds. The van der Waals surface area contributed by atoms with E-state index in [1.54, 1.807) is 16.9 Å². The topological polar surface area (TPSA) is 50.8 Å². The summed E-state index contributed by atoms with van der Waals surface area (Å²) >= 11 is 0. The van der Waals surface area contributed by atoms with Crippen LogP contribution in [0.5, 0.6) is 0 Å². The van der Waals surface area contributed by atoms with Crippen molar-refractivity contribution in [2.24, 2.45) is 0 Å². The van der Waals surface area contributed by atoms with Crippen LogP contribution < -0.4 is 0 Å². The van der Waals surface area contributed by atoms with Gasteiger partial charge in [0.1, 0.15) is 11.8 Å². The van der Waals surface area contributed by atoms with Crippen LogP contribution in [-0.2, 0) is 4.74 Å². The first-order chi connectivity index (χ1) is 6.42. The van der Waals surface area contributed by atoms with Crippen LogP contribution in [0.2, 0.25) is 0 Å². The first-order valence-corrected chi connectivity index (χ1v) is 4.47. The maximum absolute atomic E-state index is 8.77. The fraction of sp³-hybridized carbons (Fsp3) is 0.556. The van der Waals surface area contributed by atoms with E-state index in [1.165, 1.54) is 0 Å². The molecule has 1 atom stereocenters. The van der Waals surface area contributed by atoms with E-state index in [-0.39, 0.29) is 6.23 Å². The van der Waals surface area contributed by atoms with E-state index in [9.17, 15) is 0 Å². The third-order valence-corrected chi connectivity index (χ3v) is 2.21. The molecule has 1 saturated heterocycles. The van der Waals surface area contributed by atoms with Gasteiger partial charge in [-0.15, -0.1) is 0 Å². The van der Waals surface area contributed by atoms with Crippen LogP contribution in [0.3, 0.4) is 0 Å². The highest BCUT2D eigenvalue weighted by Crippen LogP contribution is 2.22. The van der Waals surface area contributed by atoms with Crippen molar-refractivity contribution in [3.8, 4) is 6.07 Å². The van der Waals surface area contributed by atoms with Crippen molar-refractivity contribution in [1.29, 1.82) is 5.26 Å². The number of hydrogen-bond acceptors (Lipinski definition) is 3. The third-order valence-electron chi connectivity index (χ3n) is 2.21. The minimum absolute atomic E-state index is 0.0293. The lowest BCUT2D eigenvalue weighted by Crippen LogP contribution is -2.20. The lowest BCUT2D eigenvalue weighted by Gasteiger charge is -2.23. The number of hydrogen-bond donors (Lipinski definition) is 0. The van der Waals surface area contributed by atoms with Crippen molar-refractivity contribution in [3.05, 3.63) is 18.0 Å². The average molecular weight is 177 g/mol. The molecule has 68 valence electrons. The summed E-state index contributed by atoms with van der Waals surface area (Å²) in [5.41, 5.74) is 0.576. The number of aromatic nitrogens is 2. The highest BCUT2D eigenvalue weighted by molar-refractivity contribution is 5.18. The molecule has 13 heavy (non-hydrogen) atoms. The smallest absolute Gasteiger partial charge is 0.151 e. The fourth-order valence-electron chi connectivity index (χ4n) is 1.55. The second-order valence-electron chi connectivity index (χ2n) is 3.09. The van der Waals surface area contributed by atoms with Gasteiger partial charge in [-0.1, -0.05) is 0 Å². The molecule has 0 saturated carbocycles. The van der Waals surface area contributed by atoms with Crippen LogP contribution in [-0.4, -0.2) is 16.4 Å². The lowest BCUT2D eigenvalue weighted by molar-refractivity contribution is -0.0399. The number of ether oxygens (including phenoxy) is 1. The summed E-state index contributed by atoms with van der Waals surface area (Å²) in [6, 6.07) is 3.80. The Morgan fingerprint density at radius 1 is 1.62 bits per heavy atom. The van der Waals surface area contributed by atoms with Gasteiger partial charge in [-0.05, 0) is 25.3 Å². The minimum atomic E-state index is -0.0293. The van der Waals surface area contributed by atoms with Gasteiger partial charge in [-0.25, -0.2) is 4.68 Å². The zero-order chi connectivity index (χ0) is 9.10. The maximum atomic E-state index is 8.77. The molecule has 1 fully saturated rings. The van der Waals surface area contributed by atoms with E-state index < -0.39 is 0 Å². The zero-order valence-electron chi connectivity index (χ0n) is 7.31. The molecule has 0 bridgehead atoms. The van der Waals surface area contributed by atoms with Gasteiger partial charge in [0, 0.05) is 6.61 Å². The van der Waals surface area contributed by atoms with Gasteiger partial charge >= 0.3 is 0 Å². The second-order valence-corrected chi connectivity index (χ2v) is 3.09. The molecule has 4 heteroatoms.